The molecule has 2 rings (SSSR count). The van der Waals surface area contributed by atoms with Crippen molar-refractivity contribution in [2.45, 2.75) is 31.1 Å². The smallest absolute Gasteiger partial charge is 0.303 e. The van der Waals surface area contributed by atoms with Crippen molar-refractivity contribution in [3.05, 3.63) is 30.1 Å². The number of sulfonamides is 1. The van der Waals surface area contributed by atoms with E-state index in [2.05, 4.69) is 5.32 Å². The molecule has 1 unspecified atom stereocenters. The molecule has 1 heterocycles. The van der Waals surface area contributed by atoms with Gasteiger partial charge < -0.3 is 10.4 Å². The molecule has 7 nitrogen and oxygen atoms in total. The second kappa shape index (κ2) is 8.59. The monoisotopic (exact) mass is 386 g/mol. The Morgan fingerprint density at radius 2 is 1.92 bits per heavy atom. The van der Waals surface area contributed by atoms with Crippen molar-refractivity contribution in [3.8, 4) is 0 Å². The van der Waals surface area contributed by atoms with Crippen LogP contribution in [0.1, 0.15) is 26.2 Å². The van der Waals surface area contributed by atoms with Crippen molar-refractivity contribution in [2.24, 2.45) is 11.8 Å². The number of aliphatic carboxylic acids is 1. The van der Waals surface area contributed by atoms with E-state index in [9.17, 15) is 22.4 Å². The lowest BCUT2D eigenvalue weighted by atomic mass is 9.97. The molecule has 1 aromatic carbocycles. The van der Waals surface area contributed by atoms with Crippen molar-refractivity contribution in [1.29, 1.82) is 0 Å². The van der Waals surface area contributed by atoms with Gasteiger partial charge in [-0.2, -0.15) is 4.31 Å². The van der Waals surface area contributed by atoms with Gasteiger partial charge in [-0.3, -0.25) is 9.59 Å². The minimum absolute atomic E-state index is 0.0282. The number of hydrogen-bond acceptors (Lipinski definition) is 4. The molecule has 0 saturated carbocycles. The first-order valence-corrected chi connectivity index (χ1v) is 9.90. The molecule has 144 valence electrons. The number of halogens is 1. The number of carbonyl (C=O) groups is 2. The number of amides is 1. The van der Waals surface area contributed by atoms with Crippen LogP contribution in [0.25, 0.3) is 0 Å². The van der Waals surface area contributed by atoms with Gasteiger partial charge in [0.2, 0.25) is 15.9 Å². The topological polar surface area (TPSA) is 104 Å². The van der Waals surface area contributed by atoms with E-state index in [0.29, 0.717) is 12.8 Å². The molecule has 1 aliphatic rings. The fourth-order valence-electron chi connectivity index (χ4n) is 2.94. The number of piperidine rings is 1. The minimum atomic E-state index is -3.92. The summed E-state index contributed by atoms with van der Waals surface area (Å²) in [5.41, 5.74) is 0. The van der Waals surface area contributed by atoms with E-state index >= 15 is 0 Å². The third-order valence-corrected chi connectivity index (χ3v) is 6.36. The van der Waals surface area contributed by atoms with Crippen molar-refractivity contribution in [2.75, 3.05) is 19.6 Å². The van der Waals surface area contributed by atoms with Crippen LogP contribution in [0.15, 0.2) is 29.2 Å². The third-order valence-electron chi connectivity index (χ3n) is 4.43. The largest absolute Gasteiger partial charge is 0.481 e. The van der Waals surface area contributed by atoms with Gasteiger partial charge in [-0.05, 0) is 30.9 Å². The van der Waals surface area contributed by atoms with E-state index in [1.54, 1.807) is 6.92 Å². The lowest BCUT2D eigenvalue weighted by molar-refractivity contribution is -0.138. The molecular weight excluding hydrogens is 363 g/mol. The normalized spacial score (nSPS) is 17.6. The summed E-state index contributed by atoms with van der Waals surface area (Å²) in [6, 6.07) is 5.23. The maximum Gasteiger partial charge on any atom is 0.303 e. The number of nitrogens with zero attached hydrogens (tertiary/aromatic N) is 1. The van der Waals surface area contributed by atoms with Gasteiger partial charge in [-0.1, -0.05) is 19.1 Å². The predicted molar refractivity (Wildman–Crippen MR) is 92.3 cm³/mol. The van der Waals surface area contributed by atoms with Gasteiger partial charge in [-0.15, -0.1) is 0 Å². The van der Waals surface area contributed by atoms with Crippen LogP contribution in [0.5, 0.6) is 0 Å². The summed E-state index contributed by atoms with van der Waals surface area (Å²) in [7, 11) is -3.92. The van der Waals surface area contributed by atoms with Gasteiger partial charge in [0, 0.05) is 32.0 Å². The van der Waals surface area contributed by atoms with E-state index < -0.39 is 21.8 Å². The van der Waals surface area contributed by atoms with Gasteiger partial charge in [0.25, 0.3) is 0 Å². The van der Waals surface area contributed by atoms with Crippen LogP contribution in [-0.2, 0) is 19.6 Å². The lowest BCUT2D eigenvalue weighted by Crippen LogP contribution is -2.43. The maximum absolute atomic E-state index is 13.8. The Labute approximate surface area is 152 Å². The molecule has 1 aromatic rings. The predicted octanol–water partition coefficient (Wildman–Crippen LogP) is 1.45. The Bertz CT molecular complexity index is 760. The van der Waals surface area contributed by atoms with Crippen molar-refractivity contribution in [1.82, 2.24) is 9.62 Å². The molecule has 1 aliphatic heterocycles. The molecule has 0 bridgehead atoms. The first-order valence-electron chi connectivity index (χ1n) is 8.46. The quantitative estimate of drug-likeness (QED) is 0.738. The average Bonchev–Trinajstić information content (AvgIpc) is 2.59. The van der Waals surface area contributed by atoms with Crippen LogP contribution < -0.4 is 5.32 Å². The van der Waals surface area contributed by atoms with Crippen LogP contribution in [-0.4, -0.2) is 49.3 Å². The molecule has 0 spiro atoms. The van der Waals surface area contributed by atoms with Crippen LogP contribution in [0.4, 0.5) is 4.39 Å². The standard InChI is InChI=1S/C17H23FN2O5S/c1-12(10-16(21)22)11-19-17(23)13-6-8-20(9-7-13)26(24,25)15-5-3-2-4-14(15)18/h2-5,12-13H,6-11H2,1H3,(H,19,23)(H,21,22). The average molecular weight is 386 g/mol. The summed E-state index contributed by atoms with van der Waals surface area (Å²) in [6.45, 7) is 2.27. The molecule has 1 fully saturated rings. The number of carboxylic acids is 1. The third kappa shape index (κ3) is 5.01. The number of benzene rings is 1. The lowest BCUT2D eigenvalue weighted by Gasteiger charge is -2.30. The molecule has 1 atom stereocenters. The molecule has 26 heavy (non-hydrogen) atoms. The fourth-order valence-corrected chi connectivity index (χ4v) is 4.48. The summed E-state index contributed by atoms with van der Waals surface area (Å²) in [4.78, 5) is 22.5. The highest BCUT2D eigenvalue weighted by Gasteiger charge is 2.33. The summed E-state index contributed by atoms with van der Waals surface area (Å²) < 4.78 is 40.1. The van der Waals surface area contributed by atoms with Crippen molar-refractivity contribution >= 4 is 21.9 Å². The maximum atomic E-state index is 13.8. The number of rotatable bonds is 7. The van der Waals surface area contributed by atoms with E-state index in [0.717, 1.165) is 6.07 Å². The molecule has 2 N–H and O–H groups in total. The van der Waals surface area contributed by atoms with Crippen molar-refractivity contribution in [3.63, 3.8) is 0 Å². The molecule has 0 radical (unpaired) electrons. The van der Waals surface area contributed by atoms with Crippen LogP contribution in [0.2, 0.25) is 0 Å². The first kappa shape index (κ1) is 20.3. The summed E-state index contributed by atoms with van der Waals surface area (Å²) in [6.07, 6.45) is 0.652. The van der Waals surface area contributed by atoms with Gasteiger partial charge in [0.15, 0.2) is 0 Å². The Morgan fingerprint density at radius 3 is 2.50 bits per heavy atom. The van der Waals surface area contributed by atoms with E-state index in [1.807, 2.05) is 0 Å². The second-order valence-corrected chi connectivity index (χ2v) is 8.46. The molecule has 1 amide bonds. The Hall–Kier alpha value is -2.00. The number of hydrogen-bond donors (Lipinski definition) is 2. The van der Waals surface area contributed by atoms with Crippen molar-refractivity contribution < 1.29 is 27.5 Å². The SMILES string of the molecule is CC(CNC(=O)C1CCN(S(=O)(=O)c2ccccc2F)CC1)CC(=O)O. The molecular formula is C17H23FN2O5S. The zero-order valence-electron chi connectivity index (χ0n) is 14.5. The van der Waals surface area contributed by atoms with Gasteiger partial charge >= 0.3 is 5.97 Å². The number of carboxylic acid groups (broad SMARTS) is 1. The zero-order valence-corrected chi connectivity index (χ0v) is 15.3. The highest BCUT2D eigenvalue weighted by Crippen LogP contribution is 2.25. The van der Waals surface area contributed by atoms with Crippen LogP contribution in [0, 0.1) is 17.7 Å². The highest BCUT2D eigenvalue weighted by molar-refractivity contribution is 7.89. The van der Waals surface area contributed by atoms with Gasteiger partial charge in [-0.25, -0.2) is 12.8 Å². The Balaban J connectivity index is 1.89. The molecule has 9 heteroatoms. The zero-order chi connectivity index (χ0) is 19.3. The summed E-state index contributed by atoms with van der Waals surface area (Å²) >= 11 is 0. The van der Waals surface area contributed by atoms with E-state index in [4.69, 9.17) is 5.11 Å². The van der Waals surface area contributed by atoms with Crippen LogP contribution >= 0.6 is 0 Å². The molecule has 1 saturated heterocycles. The molecule has 0 aliphatic carbocycles. The Kier molecular flexibility index (Phi) is 6.71. The highest BCUT2D eigenvalue weighted by atomic mass is 32.2. The fraction of sp³-hybridized carbons (Fsp3) is 0.529. The van der Waals surface area contributed by atoms with E-state index in [-0.39, 0.29) is 48.7 Å². The van der Waals surface area contributed by atoms with Crippen LogP contribution in [0.3, 0.4) is 0 Å². The second-order valence-electron chi connectivity index (χ2n) is 6.56. The van der Waals surface area contributed by atoms with Gasteiger partial charge in [0.1, 0.15) is 10.7 Å². The first-order chi connectivity index (χ1) is 12.2. The minimum Gasteiger partial charge on any atom is -0.481 e. The van der Waals surface area contributed by atoms with E-state index in [1.165, 1.54) is 22.5 Å². The Morgan fingerprint density at radius 1 is 1.31 bits per heavy atom. The summed E-state index contributed by atoms with van der Waals surface area (Å²) in [5.74, 6) is -2.43. The van der Waals surface area contributed by atoms with Gasteiger partial charge in [0.05, 0.1) is 0 Å². The summed E-state index contributed by atoms with van der Waals surface area (Å²) in [5, 5.41) is 11.4. The number of carbonyl (C=O) groups excluding carboxylic acids is 1. The molecule has 0 aromatic heterocycles. The number of nitrogens with one attached hydrogen (secondary N) is 1.